The first-order valence-corrected chi connectivity index (χ1v) is 4.03. The highest BCUT2D eigenvalue weighted by Gasteiger charge is 2.13. The molecule has 0 aliphatic carbocycles. The molecule has 1 heterocycles. The molecule has 6 heteroatoms. The summed E-state index contributed by atoms with van der Waals surface area (Å²) in [5, 5.41) is 6.06. The Labute approximate surface area is 82.7 Å². The first kappa shape index (κ1) is 9.57. The van der Waals surface area contributed by atoms with Gasteiger partial charge in [-0.1, -0.05) is 0 Å². The molecule has 0 spiro atoms. The van der Waals surface area contributed by atoms with Gasteiger partial charge < -0.3 is 5.73 Å². The largest absolute Gasteiger partial charge is 0.396 e. The van der Waals surface area contributed by atoms with Gasteiger partial charge in [0.15, 0.2) is 17.5 Å². The SMILES string of the molecule is Nc1cn[nH]c1-c1cc(F)c(F)c(F)c1. The highest BCUT2D eigenvalue weighted by molar-refractivity contribution is 5.71. The predicted octanol–water partition coefficient (Wildman–Crippen LogP) is 2.08. The highest BCUT2D eigenvalue weighted by Crippen LogP contribution is 2.25. The van der Waals surface area contributed by atoms with Crippen LogP contribution < -0.4 is 5.73 Å². The molecular formula is C9H6F3N3. The number of H-pyrrole nitrogens is 1. The van der Waals surface area contributed by atoms with Crippen LogP contribution in [-0.2, 0) is 0 Å². The number of nitrogens with one attached hydrogen (secondary N) is 1. The van der Waals surface area contributed by atoms with Crippen molar-refractivity contribution in [3.05, 3.63) is 35.8 Å². The molecule has 2 rings (SSSR count). The van der Waals surface area contributed by atoms with Crippen molar-refractivity contribution in [3.8, 4) is 11.3 Å². The van der Waals surface area contributed by atoms with Gasteiger partial charge in [-0.05, 0) is 12.1 Å². The average Bonchev–Trinajstić information content (AvgIpc) is 2.60. The standard InChI is InChI=1S/C9H6F3N3/c10-5-1-4(2-6(11)8(5)12)9-7(13)3-14-15-9/h1-3H,13H2,(H,14,15). The molecule has 0 atom stereocenters. The first-order valence-electron chi connectivity index (χ1n) is 4.03. The summed E-state index contributed by atoms with van der Waals surface area (Å²) < 4.78 is 38.4. The molecule has 15 heavy (non-hydrogen) atoms. The summed E-state index contributed by atoms with van der Waals surface area (Å²) in [4.78, 5) is 0. The summed E-state index contributed by atoms with van der Waals surface area (Å²) >= 11 is 0. The summed E-state index contributed by atoms with van der Waals surface area (Å²) in [5.74, 6) is -4.03. The van der Waals surface area contributed by atoms with Crippen LogP contribution >= 0.6 is 0 Å². The van der Waals surface area contributed by atoms with Crippen molar-refractivity contribution in [2.45, 2.75) is 0 Å². The van der Waals surface area contributed by atoms with Crippen molar-refractivity contribution in [2.75, 3.05) is 5.73 Å². The number of halogens is 3. The zero-order chi connectivity index (χ0) is 11.0. The molecule has 0 fully saturated rings. The van der Waals surface area contributed by atoms with Crippen LogP contribution in [-0.4, -0.2) is 10.2 Å². The number of hydrogen-bond acceptors (Lipinski definition) is 2. The van der Waals surface area contributed by atoms with Crippen LogP contribution in [0.3, 0.4) is 0 Å². The van der Waals surface area contributed by atoms with Gasteiger partial charge in [-0.15, -0.1) is 0 Å². The van der Waals surface area contributed by atoms with Crippen LogP contribution in [0.1, 0.15) is 0 Å². The smallest absolute Gasteiger partial charge is 0.194 e. The van der Waals surface area contributed by atoms with Crippen LogP contribution in [0.4, 0.5) is 18.9 Å². The molecular weight excluding hydrogens is 207 g/mol. The fourth-order valence-corrected chi connectivity index (χ4v) is 1.23. The van der Waals surface area contributed by atoms with E-state index in [1.807, 2.05) is 0 Å². The average molecular weight is 213 g/mol. The molecule has 1 aromatic heterocycles. The number of rotatable bonds is 1. The maximum absolute atomic E-state index is 12.9. The van der Waals surface area contributed by atoms with E-state index in [2.05, 4.69) is 10.2 Å². The number of nitrogens with two attached hydrogens (primary N) is 1. The minimum Gasteiger partial charge on any atom is -0.396 e. The minimum atomic E-state index is -1.50. The van der Waals surface area contributed by atoms with Gasteiger partial charge >= 0.3 is 0 Å². The van der Waals surface area contributed by atoms with Crippen molar-refractivity contribution in [1.29, 1.82) is 0 Å². The summed E-state index contributed by atoms with van der Waals surface area (Å²) in [6, 6.07) is 1.70. The van der Waals surface area contributed by atoms with Crippen molar-refractivity contribution in [2.24, 2.45) is 0 Å². The lowest BCUT2D eigenvalue weighted by molar-refractivity contribution is 0.447. The van der Waals surface area contributed by atoms with Gasteiger partial charge in [-0.2, -0.15) is 5.10 Å². The van der Waals surface area contributed by atoms with E-state index in [9.17, 15) is 13.2 Å². The lowest BCUT2D eigenvalue weighted by Gasteiger charge is -2.01. The Morgan fingerprint density at radius 1 is 1.13 bits per heavy atom. The number of nitrogen functional groups attached to an aromatic ring is 1. The highest BCUT2D eigenvalue weighted by atomic mass is 19.2. The Morgan fingerprint density at radius 2 is 1.73 bits per heavy atom. The minimum absolute atomic E-state index is 0.112. The molecule has 1 aromatic carbocycles. The Hall–Kier alpha value is -1.98. The van der Waals surface area contributed by atoms with Gasteiger partial charge in [-0.3, -0.25) is 5.10 Å². The van der Waals surface area contributed by atoms with Gasteiger partial charge in [0.2, 0.25) is 0 Å². The van der Waals surface area contributed by atoms with E-state index < -0.39 is 17.5 Å². The number of anilines is 1. The van der Waals surface area contributed by atoms with Crippen LogP contribution in [0.5, 0.6) is 0 Å². The van der Waals surface area contributed by atoms with Crippen molar-refractivity contribution in [3.63, 3.8) is 0 Å². The lowest BCUT2D eigenvalue weighted by atomic mass is 10.1. The molecule has 78 valence electrons. The molecule has 2 aromatic rings. The van der Waals surface area contributed by atoms with E-state index in [0.717, 1.165) is 12.1 Å². The molecule has 0 saturated heterocycles. The number of hydrogen-bond donors (Lipinski definition) is 2. The van der Waals surface area contributed by atoms with Crippen LogP contribution in [0.15, 0.2) is 18.3 Å². The first-order chi connectivity index (χ1) is 7.09. The fourth-order valence-electron chi connectivity index (χ4n) is 1.23. The Bertz CT molecular complexity index is 484. The molecule has 0 amide bonds. The molecule has 0 radical (unpaired) electrons. The van der Waals surface area contributed by atoms with E-state index >= 15 is 0 Å². The zero-order valence-electron chi connectivity index (χ0n) is 7.39. The lowest BCUT2D eigenvalue weighted by Crippen LogP contribution is -1.93. The maximum atomic E-state index is 12.9. The molecule has 0 aliphatic heterocycles. The molecule has 0 unspecified atom stereocenters. The Balaban J connectivity index is 2.60. The van der Waals surface area contributed by atoms with Gasteiger partial charge in [0.1, 0.15) is 0 Å². The second-order valence-electron chi connectivity index (χ2n) is 2.95. The second-order valence-corrected chi connectivity index (χ2v) is 2.95. The quantitative estimate of drug-likeness (QED) is 0.712. The van der Waals surface area contributed by atoms with Gasteiger partial charge in [0, 0.05) is 5.56 Å². The van der Waals surface area contributed by atoms with Gasteiger partial charge in [0.05, 0.1) is 17.6 Å². The Kier molecular flexibility index (Phi) is 2.11. The van der Waals surface area contributed by atoms with Crippen molar-refractivity contribution < 1.29 is 13.2 Å². The van der Waals surface area contributed by atoms with Gasteiger partial charge in [-0.25, -0.2) is 13.2 Å². The number of nitrogens with zero attached hydrogens (tertiary/aromatic N) is 1. The van der Waals surface area contributed by atoms with E-state index in [4.69, 9.17) is 5.73 Å². The van der Waals surface area contributed by atoms with Crippen LogP contribution in [0, 0.1) is 17.5 Å². The summed E-state index contributed by atoms with van der Waals surface area (Å²) in [5.41, 5.74) is 6.08. The van der Waals surface area contributed by atoms with E-state index in [-0.39, 0.29) is 16.9 Å². The topological polar surface area (TPSA) is 54.7 Å². The molecule has 0 saturated carbocycles. The number of benzene rings is 1. The monoisotopic (exact) mass is 213 g/mol. The molecule has 3 nitrogen and oxygen atoms in total. The predicted molar refractivity (Wildman–Crippen MR) is 48.3 cm³/mol. The van der Waals surface area contributed by atoms with Crippen molar-refractivity contribution >= 4 is 5.69 Å². The summed E-state index contributed by atoms with van der Waals surface area (Å²) in [6.07, 6.45) is 1.30. The second kappa shape index (κ2) is 3.30. The maximum Gasteiger partial charge on any atom is 0.194 e. The molecule has 0 bridgehead atoms. The zero-order valence-corrected chi connectivity index (χ0v) is 7.39. The molecule has 0 aliphatic rings. The summed E-state index contributed by atoms with van der Waals surface area (Å²) in [6.45, 7) is 0. The van der Waals surface area contributed by atoms with Gasteiger partial charge in [0.25, 0.3) is 0 Å². The van der Waals surface area contributed by atoms with Crippen LogP contribution in [0.2, 0.25) is 0 Å². The number of aromatic nitrogens is 2. The van der Waals surface area contributed by atoms with E-state index in [1.165, 1.54) is 6.20 Å². The van der Waals surface area contributed by atoms with E-state index in [1.54, 1.807) is 0 Å². The molecule has 3 N–H and O–H groups in total. The number of aromatic amines is 1. The normalized spacial score (nSPS) is 10.6. The Morgan fingerprint density at radius 3 is 2.20 bits per heavy atom. The van der Waals surface area contributed by atoms with Crippen molar-refractivity contribution in [1.82, 2.24) is 10.2 Å². The van der Waals surface area contributed by atoms with E-state index in [0.29, 0.717) is 0 Å². The fraction of sp³-hybridized carbons (Fsp3) is 0. The van der Waals surface area contributed by atoms with Crippen LogP contribution in [0.25, 0.3) is 11.3 Å². The third kappa shape index (κ3) is 1.54. The third-order valence-electron chi connectivity index (χ3n) is 1.94. The summed E-state index contributed by atoms with van der Waals surface area (Å²) in [7, 11) is 0. The third-order valence-corrected chi connectivity index (χ3v) is 1.94.